The molecule has 1 aromatic carbocycles. The Bertz CT molecular complexity index is 913. The van der Waals surface area contributed by atoms with E-state index in [1.165, 1.54) is 5.56 Å². The molecule has 0 aliphatic carbocycles. The normalized spacial score (nSPS) is 17.0. The third-order valence-corrected chi connectivity index (χ3v) is 5.06. The Morgan fingerprint density at radius 3 is 2.82 bits per heavy atom. The van der Waals surface area contributed by atoms with E-state index in [1.807, 2.05) is 24.3 Å². The number of hydrogen-bond acceptors (Lipinski definition) is 6. The van der Waals surface area contributed by atoms with Gasteiger partial charge < -0.3 is 9.42 Å². The third-order valence-electron chi connectivity index (χ3n) is 5.06. The Kier molecular flexibility index (Phi) is 5.43. The summed E-state index contributed by atoms with van der Waals surface area (Å²) in [5, 5.41) is 3.95. The highest BCUT2D eigenvalue weighted by molar-refractivity contribution is 5.78. The van der Waals surface area contributed by atoms with Crippen molar-refractivity contribution in [3.63, 3.8) is 0 Å². The van der Waals surface area contributed by atoms with E-state index in [4.69, 9.17) is 4.52 Å². The van der Waals surface area contributed by atoms with Crippen LogP contribution in [0.5, 0.6) is 0 Å². The maximum Gasteiger partial charge on any atom is 0.246 e. The predicted octanol–water partition coefficient (Wildman–Crippen LogP) is 2.58. The van der Waals surface area contributed by atoms with Crippen LogP contribution in [-0.4, -0.2) is 57.5 Å². The van der Waals surface area contributed by atoms with Crippen molar-refractivity contribution < 1.29 is 9.32 Å². The lowest BCUT2D eigenvalue weighted by molar-refractivity contribution is -0.131. The van der Waals surface area contributed by atoms with Crippen LogP contribution in [0, 0.1) is 0 Å². The number of carbonyl (C=O) groups is 1. The molecule has 1 amide bonds. The molecule has 2 aromatic heterocycles. The molecule has 3 heterocycles. The molecule has 144 valence electrons. The van der Waals surface area contributed by atoms with E-state index in [2.05, 4.69) is 44.3 Å². The van der Waals surface area contributed by atoms with Gasteiger partial charge in [-0.1, -0.05) is 41.6 Å². The van der Waals surface area contributed by atoms with Gasteiger partial charge in [0.25, 0.3) is 0 Å². The summed E-state index contributed by atoms with van der Waals surface area (Å²) in [6.07, 6.45) is 2.76. The fourth-order valence-corrected chi connectivity index (χ4v) is 3.49. The van der Waals surface area contributed by atoms with Crippen LogP contribution in [0.3, 0.4) is 0 Å². The lowest BCUT2D eigenvalue weighted by atomic mass is 9.99. The summed E-state index contributed by atoms with van der Waals surface area (Å²) in [5.74, 6) is 1.38. The highest BCUT2D eigenvalue weighted by Gasteiger charge is 2.26. The summed E-state index contributed by atoms with van der Waals surface area (Å²) in [6, 6.07) is 16.0. The molecule has 28 heavy (non-hydrogen) atoms. The molecule has 7 heteroatoms. The molecule has 0 spiro atoms. The summed E-state index contributed by atoms with van der Waals surface area (Å²) in [6.45, 7) is 2.53. The number of likely N-dealkylation sites (N-methyl/N-ethyl adjacent to an activating group) is 1. The molecule has 1 aliphatic rings. The van der Waals surface area contributed by atoms with Gasteiger partial charge in [0.1, 0.15) is 5.69 Å². The third kappa shape index (κ3) is 4.26. The van der Waals surface area contributed by atoms with E-state index >= 15 is 0 Å². The van der Waals surface area contributed by atoms with E-state index < -0.39 is 0 Å². The highest BCUT2D eigenvalue weighted by atomic mass is 16.5. The molecule has 1 unspecified atom stereocenters. The molecule has 1 saturated heterocycles. The maximum atomic E-state index is 12.6. The second-order valence-electron chi connectivity index (χ2n) is 7.11. The number of benzene rings is 1. The first-order valence-corrected chi connectivity index (χ1v) is 9.44. The first-order chi connectivity index (χ1) is 13.7. The highest BCUT2D eigenvalue weighted by Crippen LogP contribution is 2.26. The van der Waals surface area contributed by atoms with Gasteiger partial charge in [-0.05, 0) is 36.6 Å². The number of likely N-dealkylation sites (tertiary alicyclic amines) is 1. The molecule has 1 atom stereocenters. The minimum atomic E-state index is 0.0475. The van der Waals surface area contributed by atoms with Crippen LogP contribution < -0.4 is 0 Å². The Balaban J connectivity index is 1.30. The van der Waals surface area contributed by atoms with Crippen LogP contribution in [0.25, 0.3) is 11.5 Å². The Morgan fingerprint density at radius 2 is 2.04 bits per heavy atom. The second-order valence-corrected chi connectivity index (χ2v) is 7.11. The van der Waals surface area contributed by atoms with Gasteiger partial charge in [-0.25, -0.2) is 0 Å². The van der Waals surface area contributed by atoms with Gasteiger partial charge in [0.2, 0.25) is 17.6 Å². The number of rotatable bonds is 6. The zero-order valence-corrected chi connectivity index (χ0v) is 15.9. The van der Waals surface area contributed by atoms with Crippen LogP contribution in [0.4, 0.5) is 0 Å². The van der Waals surface area contributed by atoms with Gasteiger partial charge in [-0.3, -0.25) is 14.7 Å². The van der Waals surface area contributed by atoms with E-state index in [9.17, 15) is 4.79 Å². The number of carbonyl (C=O) groups excluding carboxylic acids is 1. The van der Waals surface area contributed by atoms with Gasteiger partial charge >= 0.3 is 0 Å². The van der Waals surface area contributed by atoms with Crippen molar-refractivity contribution in [2.45, 2.75) is 18.9 Å². The molecule has 0 bridgehead atoms. The van der Waals surface area contributed by atoms with Crippen molar-refractivity contribution >= 4 is 5.91 Å². The van der Waals surface area contributed by atoms with Crippen molar-refractivity contribution in [2.75, 3.05) is 26.7 Å². The molecule has 1 aliphatic heterocycles. The first-order valence-electron chi connectivity index (χ1n) is 9.44. The van der Waals surface area contributed by atoms with Crippen LogP contribution in [0.2, 0.25) is 0 Å². The molecule has 1 fully saturated rings. The van der Waals surface area contributed by atoms with Crippen LogP contribution in [-0.2, 0) is 11.3 Å². The molecular weight excluding hydrogens is 354 g/mol. The quantitative estimate of drug-likeness (QED) is 0.657. The van der Waals surface area contributed by atoms with Gasteiger partial charge in [0, 0.05) is 19.8 Å². The number of amides is 1. The van der Waals surface area contributed by atoms with Gasteiger partial charge in [0.05, 0.1) is 13.1 Å². The Labute approximate surface area is 164 Å². The van der Waals surface area contributed by atoms with E-state index in [1.54, 1.807) is 18.1 Å². The number of aromatic nitrogens is 3. The van der Waals surface area contributed by atoms with Crippen LogP contribution in [0.1, 0.15) is 23.8 Å². The summed E-state index contributed by atoms with van der Waals surface area (Å²) in [4.78, 5) is 25.0. The second kappa shape index (κ2) is 8.31. The Morgan fingerprint density at radius 1 is 1.21 bits per heavy atom. The fraction of sp³-hybridized carbons (Fsp3) is 0.333. The molecule has 3 aromatic rings. The monoisotopic (exact) mass is 377 g/mol. The first kappa shape index (κ1) is 18.3. The lowest BCUT2D eigenvalue weighted by Gasteiger charge is -2.20. The van der Waals surface area contributed by atoms with E-state index in [-0.39, 0.29) is 12.5 Å². The zero-order chi connectivity index (χ0) is 19.3. The average molecular weight is 377 g/mol. The molecule has 7 nitrogen and oxygen atoms in total. The summed E-state index contributed by atoms with van der Waals surface area (Å²) >= 11 is 0. The average Bonchev–Trinajstić information content (AvgIpc) is 3.39. The SMILES string of the molecule is CN(Cc1nc(-c2ccccn2)no1)C(=O)CN1CCC(c2ccccc2)C1. The predicted molar refractivity (Wildman–Crippen MR) is 104 cm³/mol. The standard InChI is InChI=1S/C21H23N5O2/c1-25(14-19-23-21(24-28-19)18-9-5-6-11-22-18)20(27)15-26-12-10-17(13-26)16-7-3-2-4-8-16/h2-9,11,17H,10,12-15H2,1H3. The topological polar surface area (TPSA) is 75.4 Å². The lowest BCUT2D eigenvalue weighted by Crippen LogP contribution is -2.37. The van der Waals surface area contributed by atoms with E-state index in [0.717, 1.165) is 19.5 Å². The van der Waals surface area contributed by atoms with Crippen molar-refractivity contribution in [1.82, 2.24) is 24.9 Å². The van der Waals surface area contributed by atoms with Crippen LogP contribution >= 0.6 is 0 Å². The van der Waals surface area contributed by atoms with Crippen molar-refractivity contribution in [1.29, 1.82) is 0 Å². The zero-order valence-electron chi connectivity index (χ0n) is 15.9. The minimum absolute atomic E-state index is 0.0475. The van der Waals surface area contributed by atoms with Crippen molar-refractivity contribution in [2.24, 2.45) is 0 Å². The number of hydrogen-bond donors (Lipinski definition) is 0. The van der Waals surface area contributed by atoms with Crippen LogP contribution in [0.15, 0.2) is 59.3 Å². The summed E-state index contributed by atoms with van der Waals surface area (Å²) in [5.41, 5.74) is 1.99. The van der Waals surface area contributed by atoms with Gasteiger partial charge in [-0.15, -0.1) is 0 Å². The van der Waals surface area contributed by atoms with E-state index in [0.29, 0.717) is 29.9 Å². The largest absolute Gasteiger partial charge is 0.337 e. The van der Waals surface area contributed by atoms with Crippen molar-refractivity contribution in [3.05, 3.63) is 66.2 Å². The summed E-state index contributed by atoms with van der Waals surface area (Å²) in [7, 11) is 1.76. The minimum Gasteiger partial charge on any atom is -0.337 e. The smallest absolute Gasteiger partial charge is 0.246 e. The molecular formula is C21H23N5O2. The van der Waals surface area contributed by atoms with Gasteiger partial charge in [0.15, 0.2) is 0 Å². The number of pyridine rings is 1. The molecule has 0 saturated carbocycles. The fourth-order valence-electron chi connectivity index (χ4n) is 3.49. The summed E-state index contributed by atoms with van der Waals surface area (Å²) < 4.78 is 5.28. The Hall–Kier alpha value is -3.06. The maximum absolute atomic E-state index is 12.6. The molecule has 0 N–H and O–H groups in total. The molecule has 4 rings (SSSR count). The molecule has 0 radical (unpaired) electrons. The number of nitrogens with zero attached hydrogens (tertiary/aromatic N) is 5. The van der Waals surface area contributed by atoms with Crippen molar-refractivity contribution in [3.8, 4) is 11.5 Å². The van der Waals surface area contributed by atoms with Gasteiger partial charge in [-0.2, -0.15) is 4.98 Å².